The van der Waals surface area contributed by atoms with E-state index in [9.17, 15) is 14.4 Å². The van der Waals surface area contributed by atoms with Crippen molar-refractivity contribution in [2.75, 3.05) is 33.9 Å². The van der Waals surface area contributed by atoms with Gasteiger partial charge in [-0.1, -0.05) is 36.4 Å². The number of ether oxygens (including phenoxy) is 2. The molecule has 0 aliphatic carbocycles. The molecular weight excluding hydrogens is 488 g/mol. The van der Waals surface area contributed by atoms with Crippen molar-refractivity contribution < 1.29 is 28.7 Å². The monoisotopic (exact) mass is 524 g/mol. The Morgan fingerprint density at radius 1 is 1.00 bits per heavy atom. The average molecular weight is 525 g/mol. The summed E-state index contributed by atoms with van der Waals surface area (Å²) in [5.41, 5.74) is 3.96. The second kappa shape index (κ2) is 12.5. The van der Waals surface area contributed by atoms with Crippen LogP contribution in [0.25, 0.3) is 11.1 Å². The first-order chi connectivity index (χ1) is 18.3. The summed E-state index contributed by atoms with van der Waals surface area (Å²) in [7, 11) is 2.83. The van der Waals surface area contributed by atoms with Gasteiger partial charge in [0.25, 0.3) is 17.7 Å². The summed E-state index contributed by atoms with van der Waals surface area (Å²) in [5, 5.41) is 5.92. The predicted molar refractivity (Wildman–Crippen MR) is 141 cm³/mol. The van der Waals surface area contributed by atoms with E-state index in [-0.39, 0.29) is 0 Å². The number of rotatable bonds is 10. The summed E-state index contributed by atoms with van der Waals surface area (Å²) < 4.78 is 10.6. The molecule has 0 radical (unpaired) electrons. The first kappa shape index (κ1) is 27.7. The van der Waals surface area contributed by atoms with Gasteiger partial charge in [-0.3, -0.25) is 14.4 Å². The quantitative estimate of drug-likeness (QED) is 0.321. The molecule has 0 aromatic heterocycles. The molecule has 3 amide bonds. The first-order valence-electron chi connectivity index (χ1n) is 12.9. The summed E-state index contributed by atoms with van der Waals surface area (Å²) >= 11 is 0. The Morgan fingerprint density at radius 3 is 2.21 bits per heavy atom. The molecule has 0 spiro atoms. The minimum absolute atomic E-state index is 0.347. The molecule has 3 N–H and O–H groups in total. The highest BCUT2D eigenvalue weighted by Gasteiger charge is 2.47. The van der Waals surface area contributed by atoms with Crippen LogP contribution in [0.4, 0.5) is 0 Å². The first-order valence-corrected chi connectivity index (χ1v) is 12.9. The number of hydrogen-bond acceptors (Lipinski definition) is 7. The molecule has 204 valence electrons. The van der Waals surface area contributed by atoms with Crippen molar-refractivity contribution in [3.8, 4) is 11.1 Å². The van der Waals surface area contributed by atoms with Crippen LogP contribution in [0.1, 0.15) is 42.1 Å². The number of nitrogens with zero attached hydrogens (tertiary/aromatic N) is 1. The molecule has 2 aliphatic rings. The highest BCUT2D eigenvalue weighted by molar-refractivity contribution is 6.12. The van der Waals surface area contributed by atoms with Crippen LogP contribution in [-0.2, 0) is 30.4 Å². The van der Waals surface area contributed by atoms with Crippen LogP contribution in [0.5, 0.6) is 0 Å². The van der Waals surface area contributed by atoms with Crippen LogP contribution < -0.4 is 16.1 Å². The van der Waals surface area contributed by atoms with Gasteiger partial charge in [0.15, 0.2) is 11.8 Å². The van der Waals surface area contributed by atoms with Gasteiger partial charge in [-0.15, -0.1) is 0 Å². The van der Waals surface area contributed by atoms with Crippen molar-refractivity contribution >= 4 is 17.7 Å². The second-order valence-corrected chi connectivity index (χ2v) is 9.75. The lowest BCUT2D eigenvalue weighted by atomic mass is 9.96. The Balaban J connectivity index is 1.41. The van der Waals surface area contributed by atoms with Gasteiger partial charge in [-0.25, -0.2) is 10.3 Å². The zero-order chi connectivity index (χ0) is 27.1. The number of amides is 3. The standard InChI is InChI=1S/C28H36N4O6/c1-28(26(34)29-2,27(35)31-38-24-6-4-5-15-37-24)32(3)25(33)22-13-11-21(12-14-22)20-9-7-19(8-10-20)16-30-23-17-36-18-23/h7-14,23-24,30H,4-6,15-18H2,1-3H3,(H,29,34)(H,31,35)/t24?,28-/m0/s1. The maximum Gasteiger partial charge on any atom is 0.279 e. The molecule has 2 aliphatic heterocycles. The van der Waals surface area contributed by atoms with Gasteiger partial charge in [0.05, 0.1) is 19.3 Å². The van der Waals surface area contributed by atoms with Crippen molar-refractivity contribution in [2.45, 2.75) is 50.6 Å². The van der Waals surface area contributed by atoms with E-state index in [1.165, 1.54) is 26.6 Å². The Kier molecular flexibility index (Phi) is 9.11. The lowest BCUT2D eigenvalue weighted by Crippen LogP contribution is -2.65. The number of hydrogen-bond donors (Lipinski definition) is 3. The number of benzene rings is 2. The molecule has 38 heavy (non-hydrogen) atoms. The highest BCUT2D eigenvalue weighted by atomic mass is 16.8. The van der Waals surface area contributed by atoms with Gasteiger partial charge in [0.1, 0.15) is 0 Å². The molecule has 2 fully saturated rings. The third-order valence-electron chi connectivity index (χ3n) is 7.16. The number of carbonyl (C=O) groups excluding carboxylic acids is 3. The summed E-state index contributed by atoms with van der Waals surface area (Å²) in [4.78, 5) is 45.8. The van der Waals surface area contributed by atoms with Gasteiger partial charge in [0, 0.05) is 39.2 Å². The predicted octanol–water partition coefficient (Wildman–Crippen LogP) is 1.99. The van der Waals surface area contributed by atoms with Gasteiger partial charge in [-0.2, -0.15) is 0 Å². The molecule has 2 aromatic carbocycles. The van der Waals surface area contributed by atoms with E-state index in [0.29, 0.717) is 24.6 Å². The molecule has 2 heterocycles. The summed E-state index contributed by atoms with van der Waals surface area (Å²) in [6.45, 7) is 4.22. The SMILES string of the molecule is CNC(=O)[C@@](C)(C(=O)NOC1CCCCO1)N(C)C(=O)c1ccc(-c2ccc(CNC3COC3)cc2)cc1. The normalized spacial score (nSPS) is 19.1. The Labute approximate surface area is 223 Å². The van der Waals surface area contributed by atoms with E-state index >= 15 is 0 Å². The third-order valence-corrected chi connectivity index (χ3v) is 7.16. The van der Waals surface area contributed by atoms with Gasteiger partial charge < -0.3 is 25.0 Å². The summed E-state index contributed by atoms with van der Waals surface area (Å²) in [6, 6.07) is 15.7. The molecule has 10 heteroatoms. The fraction of sp³-hybridized carbons (Fsp3) is 0.464. The Bertz CT molecular complexity index is 1110. The largest absolute Gasteiger partial charge is 0.378 e. The lowest BCUT2D eigenvalue weighted by Gasteiger charge is -2.36. The van der Waals surface area contributed by atoms with E-state index < -0.39 is 29.6 Å². The molecule has 0 saturated carbocycles. The molecule has 10 nitrogen and oxygen atoms in total. The van der Waals surface area contributed by atoms with E-state index in [1.807, 2.05) is 24.3 Å². The Hall–Kier alpha value is -3.31. The van der Waals surface area contributed by atoms with E-state index in [0.717, 1.165) is 48.6 Å². The van der Waals surface area contributed by atoms with Crippen LogP contribution in [0.3, 0.4) is 0 Å². The second-order valence-electron chi connectivity index (χ2n) is 9.75. The summed E-state index contributed by atoms with van der Waals surface area (Å²) in [6.07, 6.45) is 1.89. The van der Waals surface area contributed by atoms with Gasteiger partial charge in [-0.05, 0) is 48.6 Å². The number of nitrogens with one attached hydrogen (secondary N) is 3. The molecule has 4 rings (SSSR count). The average Bonchev–Trinajstić information content (AvgIpc) is 2.94. The molecule has 2 aromatic rings. The smallest absolute Gasteiger partial charge is 0.279 e. The lowest BCUT2D eigenvalue weighted by molar-refractivity contribution is -0.204. The molecule has 0 bridgehead atoms. The minimum atomic E-state index is -1.85. The fourth-order valence-electron chi connectivity index (χ4n) is 4.31. The van der Waals surface area contributed by atoms with E-state index in [4.69, 9.17) is 14.3 Å². The van der Waals surface area contributed by atoms with Crippen LogP contribution >= 0.6 is 0 Å². The van der Waals surface area contributed by atoms with Crippen LogP contribution in [0.15, 0.2) is 48.5 Å². The number of carbonyl (C=O) groups is 3. The molecular formula is C28H36N4O6. The molecule has 2 atom stereocenters. The zero-order valence-electron chi connectivity index (χ0n) is 22.1. The molecule has 1 unspecified atom stereocenters. The maximum absolute atomic E-state index is 13.4. The third kappa shape index (κ3) is 6.21. The topological polar surface area (TPSA) is 118 Å². The Morgan fingerprint density at radius 2 is 1.66 bits per heavy atom. The van der Waals surface area contributed by atoms with Crippen molar-refractivity contribution in [2.24, 2.45) is 0 Å². The van der Waals surface area contributed by atoms with Crippen molar-refractivity contribution in [1.29, 1.82) is 0 Å². The summed E-state index contributed by atoms with van der Waals surface area (Å²) in [5.74, 6) is -1.89. The zero-order valence-corrected chi connectivity index (χ0v) is 22.1. The highest BCUT2D eigenvalue weighted by Crippen LogP contribution is 2.23. The van der Waals surface area contributed by atoms with Gasteiger partial charge >= 0.3 is 0 Å². The fourth-order valence-corrected chi connectivity index (χ4v) is 4.31. The molecule has 2 saturated heterocycles. The van der Waals surface area contributed by atoms with E-state index in [2.05, 4.69) is 28.2 Å². The van der Waals surface area contributed by atoms with Crippen molar-refractivity contribution in [3.63, 3.8) is 0 Å². The van der Waals surface area contributed by atoms with Gasteiger partial charge in [0.2, 0.25) is 0 Å². The van der Waals surface area contributed by atoms with E-state index in [1.54, 1.807) is 12.1 Å². The number of hydroxylamine groups is 1. The van der Waals surface area contributed by atoms with Crippen LogP contribution in [0, 0.1) is 0 Å². The number of likely N-dealkylation sites (N-methyl/N-ethyl adjacent to an activating group) is 2. The van der Waals surface area contributed by atoms with Crippen molar-refractivity contribution in [3.05, 3.63) is 59.7 Å². The van der Waals surface area contributed by atoms with Crippen LogP contribution in [0.2, 0.25) is 0 Å². The van der Waals surface area contributed by atoms with Crippen molar-refractivity contribution in [1.82, 2.24) is 21.0 Å². The maximum atomic E-state index is 13.4. The van der Waals surface area contributed by atoms with Crippen LogP contribution in [-0.4, -0.2) is 74.4 Å². The minimum Gasteiger partial charge on any atom is -0.378 e.